The van der Waals surface area contributed by atoms with Crippen molar-refractivity contribution < 1.29 is 9.53 Å². The van der Waals surface area contributed by atoms with Crippen molar-refractivity contribution >= 4 is 44.3 Å². The van der Waals surface area contributed by atoms with E-state index in [1.54, 1.807) is 0 Å². The van der Waals surface area contributed by atoms with Crippen LogP contribution >= 0.6 is 27.5 Å². The summed E-state index contributed by atoms with van der Waals surface area (Å²) < 4.78 is 6.70. The van der Waals surface area contributed by atoms with E-state index in [1.807, 2.05) is 19.2 Å². The first kappa shape index (κ1) is 22.1. The Labute approximate surface area is 175 Å². The molecule has 0 aliphatic heterocycles. The number of halogens is 2. The first-order valence-corrected chi connectivity index (χ1v) is 10.9. The molecule has 0 aliphatic rings. The smallest absolute Gasteiger partial charge is 0.230 e. The highest BCUT2D eigenvalue weighted by molar-refractivity contribution is 9.10. The van der Waals surface area contributed by atoms with Crippen molar-refractivity contribution in [2.24, 2.45) is 5.92 Å². The van der Waals surface area contributed by atoms with Gasteiger partial charge in [-0.15, -0.1) is 0 Å². The summed E-state index contributed by atoms with van der Waals surface area (Å²) in [4.78, 5) is 16.4. The van der Waals surface area contributed by atoms with Crippen LogP contribution in [-0.4, -0.2) is 24.0 Å². The lowest BCUT2D eigenvalue weighted by molar-refractivity contribution is -0.128. The van der Waals surface area contributed by atoms with Crippen LogP contribution in [0.2, 0.25) is 5.02 Å². The minimum atomic E-state index is -0.633. The first-order valence-electron chi connectivity index (χ1n) is 9.75. The molecule has 6 heteroatoms. The van der Waals surface area contributed by atoms with Crippen molar-refractivity contribution in [3.63, 3.8) is 0 Å². The number of ether oxygens (including phenoxy) is 1. The Balaban J connectivity index is 2.67. The maximum atomic E-state index is 13.1. The highest BCUT2D eigenvalue weighted by Crippen LogP contribution is 2.45. The number of aromatic nitrogens is 1. The molecule has 1 atom stereocenters. The molecule has 1 unspecified atom stereocenters. The van der Waals surface area contributed by atoms with E-state index >= 15 is 0 Å². The van der Waals surface area contributed by atoms with Gasteiger partial charge in [-0.05, 0) is 53.2 Å². The molecule has 0 saturated heterocycles. The third-order valence-corrected chi connectivity index (χ3v) is 6.74. The quantitative estimate of drug-likeness (QED) is 0.440. The fraction of sp³-hybridized carbons (Fsp3) is 0.571. The summed E-state index contributed by atoms with van der Waals surface area (Å²) in [6, 6.07) is 2.00. The second-order valence-electron chi connectivity index (χ2n) is 7.17. The molecule has 1 aromatic carbocycles. The lowest BCUT2D eigenvalue weighted by Crippen LogP contribution is -2.47. The van der Waals surface area contributed by atoms with Crippen molar-refractivity contribution in [1.82, 2.24) is 10.3 Å². The Morgan fingerprint density at radius 1 is 1.37 bits per heavy atom. The summed E-state index contributed by atoms with van der Waals surface area (Å²) in [5, 5.41) is 4.55. The number of amides is 1. The molecular weight excluding hydrogens is 428 g/mol. The lowest BCUT2D eigenvalue weighted by Gasteiger charge is -2.35. The predicted molar refractivity (Wildman–Crippen MR) is 117 cm³/mol. The Morgan fingerprint density at radius 3 is 2.63 bits per heavy atom. The van der Waals surface area contributed by atoms with Gasteiger partial charge in [0.15, 0.2) is 0 Å². The van der Waals surface area contributed by atoms with E-state index in [2.05, 4.69) is 53.9 Å². The zero-order valence-electron chi connectivity index (χ0n) is 16.8. The fourth-order valence-corrected chi connectivity index (χ4v) is 4.43. The maximum absolute atomic E-state index is 13.1. The van der Waals surface area contributed by atoms with Crippen molar-refractivity contribution in [2.45, 2.75) is 59.3 Å². The topological polar surface area (TPSA) is 54.1 Å². The average molecular weight is 458 g/mol. The predicted octanol–water partition coefficient (Wildman–Crippen LogP) is 6.20. The number of hydrogen-bond acceptors (Lipinski definition) is 2. The Kier molecular flexibility index (Phi) is 7.64. The van der Waals surface area contributed by atoms with Crippen LogP contribution in [0.3, 0.4) is 0 Å². The van der Waals surface area contributed by atoms with Crippen molar-refractivity contribution in [1.29, 1.82) is 0 Å². The molecule has 1 heterocycles. The van der Waals surface area contributed by atoms with Crippen molar-refractivity contribution in [2.75, 3.05) is 13.2 Å². The second-order valence-corrected chi connectivity index (χ2v) is 8.34. The molecule has 2 rings (SSSR count). The number of rotatable bonds is 9. The largest absolute Gasteiger partial charge is 0.492 e. The minimum Gasteiger partial charge on any atom is -0.492 e. The Hall–Kier alpha value is -1.20. The SMILES string of the molecule is CCCCOc1cc2c(C(CC)(C(=O)NCC)C(C)C)c[nH]c2c(Cl)c1Br. The van der Waals surface area contributed by atoms with E-state index < -0.39 is 5.41 Å². The molecule has 0 bridgehead atoms. The van der Waals surface area contributed by atoms with Gasteiger partial charge in [-0.1, -0.05) is 45.7 Å². The van der Waals surface area contributed by atoms with Crippen LogP contribution in [-0.2, 0) is 10.2 Å². The third kappa shape index (κ3) is 4.00. The number of fused-ring (bicyclic) bond motifs is 1. The molecule has 4 nitrogen and oxygen atoms in total. The number of carbonyl (C=O) groups excluding carboxylic acids is 1. The van der Waals surface area contributed by atoms with Gasteiger partial charge in [-0.2, -0.15) is 0 Å². The third-order valence-electron chi connectivity index (χ3n) is 5.35. The van der Waals surface area contributed by atoms with E-state index in [-0.39, 0.29) is 11.8 Å². The Bertz CT molecular complexity index is 803. The van der Waals surface area contributed by atoms with E-state index in [0.29, 0.717) is 30.3 Å². The normalized spacial score (nSPS) is 13.8. The highest BCUT2D eigenvalue weighted by atomic mass is 79.9. The van der Waals surface area contributed by atoms with Gasteiger partial charge in [0, 0.05) is 18.1 Å². The number of likely N-dealkylation sites (N-methyl/N-ethyl adjacent to an activating group) is 1. The number of carbonyl (C=O) groups is 1. The van der Waals surface area contributed by atoms with Gasteiger partial charge < -0.3 is 15.0 Å². The van der Waals surface area contributed by atoms with Crippen molar-refractivity contribution in [3.8, 4) is 5.75 Å². The van der Waals surface area contributed by atoms with Gasteiger partial charge in [-0.25, -0.2) is 0 Å². The van der Waals surface area contributed by atoms with Crippen LogP contribution in [0.25, 0.3) is 10.9 Å². The zero-order valence-corrected chi connectivity index (χ0v) is 19.2. The molecular formula is C21H30BrClN2O2. The van der Waals surface area contributed by atoms with Crippen LogP contribution in [0.1, 0.15) is 59.4 Å². The lowest BCUT2D eigenvalue weighted by atomic mass is 9.69. The second kappa shape index (κ2) is 9.33. The average Bonchev–Trinajstić information content (AvgIpc) is 3.05. The molecule has 0 aliphatic carbocycles. The number of hydrogen-bond donors (Lipinski definition) is 2. The van der Waals surface area contributed by atoms with Gasteiger partial charge >= 0.3 is 0 Å². The van der Waals surface area contributed by atoms with Gasteiger partial charge in [0.1, 0.15) is 5.75 Å². The van der Waals surface area contributed by atoms with Crippen molar-refractivity contribution in [3.05, 3.63) is 27.3 Å². The van der Waals surface area contributed by atoms with Gasteiger partial charge in [0.2, 0.25) is 5.91 Å². The Morgan fingerprint density at radius 2 is 2.07 bits per heavy atom. The summed E-state index contributed by atoms with van der Waals surface area (Å²) in [6.45, 7) is 11.6. The molecule has 1 aromatic heterocycles. The molecule has 2 N–H and O–H groups in total. The fourth-order valence-electron chi connectivity index (χ4n) is 3.75. The minimum absolute atomic E-state index is 0.0518. The zero-order chi connectivity index (χ0) is 20.2. The summed E-state index contributed by atoms with van der Waals surface area (Å²) in [7, 11) is 0. The van der Waals surface area contributed by atoms with Crippen LogP contribution in [0.5, 0.6) is 5.75 Å². The van der Waals surface area contributed by atoms with E-state index in [4.69, 9.17) is 16.3 Å². The summed E-state index contributed by atoms with van der Waals surface area (Å²) in [6.07, 6.45) is 4.67. The molecule has 0 saturated carbocycles. The standard InChI is InChI=1S/C21H30BrClN2O2/c1-6-9-10-27-16-11-14-15(12-25-19(14)18(23)17(16)22)21(7-2,13(4)5)20(26)24-8-3/h11-13,25H,6-10H2,1-5H3,(H,24,26). The van der Waals surface area contributed by atoms with E-state index in [1.165, 1.54) is 0 Å². The number of aromatic amines is 1. The van der Waals surface area contributed by atoms with E-state index in [0.717, 1.165) is 33.8 Å². The number of unbranched alkanes of at least 4 members (excludes halogenated alkanes) is 1. The summed E-state index contributed by atoms with van der Waals surface area (Å²) in [5.74, 6) is 0.891. The van der Waals surface area contributed by atoms with Gasteiger partial charge in [0.25, 0.3) is 0 Å². The molecule has 0 spiro atoms. The van der Waals surface area contributed by atoms with Crippen LogP contribution < -0.4 is 10.1 Å². The van der Waals surface area contributed by atoms with E-state index in [9.17, 15) is 4.79 Å². The van der Waals surface area contributed by atoms with Gasteiger partial charge in [0.05, 0.1) is 27.0 Å². The molecule has 1 amide bonds. The summed E-state index contributed by atoms with van der Waals surface area (Å²) in [5.41, 5.74) is 1.16. The van der Waals surface area contributed by atoms with Gasteiger partial charge in [-0.3, -0.25) is 4.79 Å². The summed E-state index contributed by atoms with van der Waals surface area (Å²) >= 11 is 10.2. The molecule has 0 fully saturated rings. The molecule has 2 aromatic rings. The van der Waals surface area contributed by atoms with Crippen LogP contribution in [0.15, 0.2) is 16.7 Å². The number of H-pyrrole nitrogens is 1. The molecule has 0 radical (unpaired) electrons. The first-order chi connectivity index (χ1) is 12.8. The number of benzene rings is 1. The van der Waals surface area contributed by atoms with Crippen LogP contribution in [0, 0.1) is 5.92 Å². The maximum Gasteiger partial charge on any atom is 0.230 e. The molecule has 150 valence electrons. The van der Waals surface area contributed by atoms with Crippen LogP contribution in [0.4, 0.5) is 0 Å². The number of nitrogens with one attached hydrogen (secondary N) is 2. The highest BCUT2D eigenvalue weighted by Gasteiger charge is 2.43. The monoisotopic (exact) mass is 456 g/mol. The molecule has 27 heavy (non-hydrogen) atoms.